The normalized spacial score (nSPS) is 10.6. The van der Waals surface area contributed by atoms with Gasteiger partial charge in [0.1, 0.15) is 0 Å². The quantitative estimate of drug-likeness (QED) is 0.867. The molecule has 2 heterocycles. The van der Waals surface area contributed by atoms with Gasteiger partial charge in [-0.15, -0.1) is 22.7 Å². The second kappa shape index (κ2) is 4.63. The molecule has 3 nitrogen and oxygen atoms in total. The van der Waals surface area contributed by atoms with E-state index < -0.39 is 0 Å². The molecular formula is C9H11N3S2. The molecule has 0 saturated heterocycles. The van der Waals surface area contributed by atoms with E-state index in [1.54, 1.807) is 22.7 Å². The van der Waals surface area contributed by atoms with E-state index in [9.17, 15) is 0 Å². The minimum Gasteiger partial charge on any atom is -0.307 e. The molecule has 0 aliphatic rings. The SMILES string of the molecule is Cc1ncc(CNCc2cncs2)s1. The molecule has 2 aromatic rings. The lowest BCUT2D eigenvalue weighted by atomic mass is 10.5. The van der Waals surface area contributed by atoms with Crippen LogP contribution in [0, 0.1) is 6.92 Å². The lowest BCUT2D eigenvalue weighted by Gasteiger charge is -1.98. The van der Waals surface area contributed by atoms with E-state index in [2.05, 4.69) is 15.3 Å². The highest BCUT2D eigenvalue weighted by atomic mass is 32.1. The molecule has 0 saturated carbocycles. The number of thiazole rings is 2. The molecule has 0 bridgehead atoms. The zero-order valence-electron chi connectivity index (χ0n) is 7.86. The Morgan fingerprint density at radius 1 is 1.29 bits per heavy atom. The number of hydrogen-bond acceptors (Lipinski definition) is 5. The van der Waals surface area contributed by atoms with E-state index in [1.165, 1.54) is 9.75 Å². The van der Waals surface area contributed by atoms with Gasteiger partial charge in [0.05, 0.1) is 10.5 Å². The minimum absolute atomic E-state index is 0.890. The standard InChI is InChI=1S/C9H11N3S2/c1-7-12-5-9(14-7)4-10-2-8-3-11-6-13-8/h3,5-6,10H,2,4H2,1H3. The van der Waals surface area contributed by atoms with Gasteiger partial charge in [-0.1, -0.05) is 0 Å². The molecule has 0 spiro atoms. The van der Waals surface area contributed by atoms with Gasteiger partial charge in [-0.25, -0.2) is 4.98 Å². The Balaban J connectivity index is 1.78. The van der Waals surface area contributed by atoms with Crippen molar-refractivity contribution in [3.63, 3.8) is 0 Å². The summed E-state index contributed by atoms with van der Waals surface area (Å²) in [6.07, 6.45) is 3.83. The zero-order chi connectivity index (χ0) is 9.80. The van der Waals surface area contributed by atoms with Crippen LogP contribution in [0.15, 0.2) is 17.9 Å². The number of nitrogens with one attached hydrogen (secondary N) is 1. The molecule has 0 fully saturated rings. The largest absolute Gasteiger partial charge is 0.307 e. The third-order valence-electron chi connectivity index (χ3n) is 1.75. The Labute approximate surface area is 90.9 Å². The summed E-state index contributed by atoms with van der Waals surface area (Å²) in [6.45, 7) is 3.81. The maximum atomic E-state index is 4.20. The molecule has 0 aliphatic heterocycles. The first-order valence-corrected chi connectivity index (χ1v) is 6.03. The fourth-order valence-corrected chi connectivity index (χ4v) is 2.45. The maximum Gasteiger partial charge on any atom is 0.0897 e. The number of rotatable bonds is 4. The number of aromatic nitrogens is 2. The number of hydrogen-bond donors (Lipinski definition) is 1. The highest BCUT2D eigenvalue weighted by Crippen LogP contribution is 2.11. The summed E-state index contributed by atoms with van der Waals surface area (Å²) in [5, 5.41) is 4.48. The zero-order valence-corrected chi connectivity index (χ0v) is 9.49. The predicted octanol–water partition coefficient (Wildman–Crippen LogP) is 2.20. The van der Waals surface area contributed by atoms with Crippen molar-refractivity contribution in [2.45, 2.75) is 20.0 Å². The van der Waals surface area contributed by atoms with E-state index in [0.29, 0.717) is 0 Å². The maximum absolute atomic E-state index is 4.20. The summed E-state index contributed by atoms with van der Waals surface area (Å²) >= 11 is 3.42. The highest BCUT2D eigenvalue weighted by molar-refractivity contribution is 7.11. The Bertz CT molecular complexity index is 380. The molecule has 0 radical (unpaired) electrons. The number of nitrogens with zero attached hydrogens (tertiary/aromatic N) is 2. The van der Waals surface area contributed by atoms with Crippen LogP contribution in [0.25, 0.3) is 0 Å². The number of aryl methyl sites for hydroxylation is 1. The van der Waals surface area contributed by atoms with Crippen molar-refractivity contribution in [2.75, 3.05) is 0 Å². The van der Waals surface area contributed by atoms with Crippen LogP contribution in [0.5, 0.6) is 0 Å². The molecule has 74 valence electrons. The molecule has 14 heavy (non-hydrogen) atoms. The molecule has 0 unspecified atom stereocenters. The Morgan fingerprint density at radius 2 is 2.14 bits per heavy atom. The van der Waals surface area contributed by atoms with Crippen molar-refractivity contribution >= 4 is 22.7 Å². The van der Waals surface area contributed by atoms with Crippen molar-refractivity contribution < 1.29 is 0 Å². The van der Waals surface area contributed by atoms with E-state index >= 15 is 0 Å². The van der Waals surface area contributed by atoms with Crippen LogP contribution in [0.1, 0.15) is 14.8 Å². The summed E-state index contributed by atoms with van der Waals surface area (Å²) in [5.74, 6) is 0. The third kappa shape index (κ3) is 2.60. The highest BCUT2D eigenvalue weighted by Gasteiger charge is 1.98. The van der Waals surface area contributed by atoms with Gasteiger partial charge < -0.3 is 5.32 Å². The van der Waals surface area contributed by atoms with Crippen LogP contribution in [0.2, 0.25) is 0 Å². The van der Waals surface area contributed by atoms with Crippen LogP contribution in [0.4, 0.5) is 0 Å². The van der Waals surface area contributed by atoms with Crippen LogP contribution in [-0.2, 0) is 13.1 Å². The summed E-state index contributed by atoms with van der Waals surface area (Å²) in [4.78, 5) is 10.8. The topological polar surface area (TPSA) is 37.8 Å². The van der Waals surface area contributed by atoms with Gasteiger partial charge in [-0.2, -0.15) is 0 Å². The molecular weight excluding hydrogens is 214 g/mol. The average molecular weight is 225 g/mol. The van der Waals surface area contributed by atoms with Gasteiger partial charge >= 0.3 is 0 Å². The molecule has 0 atom stereocenters. The second-order valence-electron chi connectivity index (χ2n) is 2.92. The average Bonchev–Trinajstić information content (AvgIpc) is 2.77. The molecule has 0 aliphatic carbocycles. The van der Waals surface area contributed by atoms with Crippen molar-refractivity contribution in [3.05, 3.63) is 32.7 Å². The van der Waals surface area contributed by atoms with Crippen LogP contribution in [-0.4, -0.2) is 9.97 Å². The predicted molar refractivity (Wildman–Crippen MR) is 59.5 cm³/mol. The van der Waals surface area contributed by atoms with Crippen molar-refractivity contribution in [3.8, 4) is 0 Å². The molecule has 5 heteroatoms. The summed E-state index contributed by atoms with van der Waals surface area (Å²) in [5.41, 5.74) is 1.86. The fourth-order valence-electron chi connectivity index (χ4n) is 1.13. The van der Waals surface area contributed by atoms with Gasteiger partial charge in [0.25, 0.3) is 0 Å². The van der Waals surface area contributed by atoms with E-state index in [4.69, 9.17) is 0 Å². The van der Waals surface area contributed by atoms with Gasteiger partial charge in [0, 0.05) is 35.2 Å². The van der Waals surface area contributed by atoms with Crippen LogP contribution in [0.3, 0.4) is 0 Å². The minimum atomic E-state index is 0.890. The molecule has 1 N–H and O–H groups in total. The first-order chi connectivity index (χ1) is 6.84. The Kier molecular flexibility index (Phi) is 3.23. The lowest BCUT2D eigenvalue weighted by Crippen LogP contribution is -2.10. The lowest BCUT2D eigenvalue weighted by molar-refractivity contribution is 0.707. The van der Waals surface area contributed by atoms with E-state index in [1.807, 2.05) is 24.8 Å². The Morgan fingerprint density at radius 3 is 2.79 bits per heavy atom. The van der Waals surface area contributed by atoms with Gasteiger partial charge in [0.15, 0.2) is 0 Å². The first kappa shape index (κ1) is 9.76. The fraction of sp³-hybridized carbons (Fsp3) is 0.333. The van der Waals surface area contributed by atoms with Gasteiger partial charge in [0.2, 0.25) is 0 Å². The Hall–Kier alpha value is -0.780. The second-order valence-corrected chi connectivity index (χ2v) is 5.21. The van der Waals surface area contributed by atoms with Crippen molar-refractivity contribution in [1.29, 1.82) is 0 Å². The van der Waals surface area contributed by atoms with Crippen molar-refractivity contribution in [2.24, 2.45) is 0 Å². The molecule has 2 rings (SSSR count). The van der Waals surface area contributed by atoms with E-state index in [-0.39, 0.29) is 0 Å². The molecule has 0 amide bonds. The monoisotopic (exact) mass is 225 g/mol. The summed E-state index contributed by atoms with van der Waals surface area (Å²) in [7, 11) is 0. The molecule has 2 aromatic heterocycles. The third-order valence-corrected chi connectivity index (χ3v) is 3.44. The molecule has 0 aromatic carbocycles. The van der Waals surface area contributed by atoms with Crippen molar-refractivity contribution in [1.82, 2.24) is 15.3 Å². The van der Waals surface area contributed by atoms with Gasteiger partial charge in [-0.05, 0) is 6.92 Å². The van der Waals surface area contributed by atoms with Crippen LogP contribution < -0.4 is 5.32 Å². The first-order valence-electron chi connectivity index (χ1n) is 4.34. The summed E-state index contributed by atoms with van der Waals surface area (Å²) in [6, 6.07) is 0. The van der Waals surface area contributed by atoms with Gasteiger partial charge in [-0.3, -0.25) is 4.98 Å². The van der Waals surface area contributed by atoms with E-state index in [0.717, 1.165) is 18.1 Å². The summed E-state index contributed by atoms with van der Waals surface area (Å²) < 4.78 is 0. The van der Waals surface area contributed by atoms with Crippen LogP contribution >= 0.6 is 22.7 Å². The smallest absolute Gasteiger partial charge is 0.0897 e.